The summed E-state index contributed by atoms with van der Waals surface area (Å²) in [4.78, 5) is 7.17. The molecule has 1 aliphatic rings. The summed E-state index contributed by atoms with van der Waals surface area (Å²) in [5.41, 5.74) is 4.35. The number of pyridine rings is 1. The number of aromatic nitrogens is 1. The molecule has 0 radical (unpaired) electrons. The number of halogens is 1. The highest BCUT2D eigenvalue weighted by atomic mass is 35.5. The minimum absolute atomic E-state index is 0.743. The third kappa shape index (κ3) is 2.58. The van der Waals surface area contributed by atoms with Crippen LogP contribution in [0, 0.1) is 0 Å². The van der Waals surface area contributed by atoms with Gasteiger partial charge in [0.15, 0.2) is 0 Å². The monoisotopic (exact) mass is 330 g/mol. The van der Waals surface area contributed by atoms with Crippen LogP contribution in [-0.2, 0) is 4.74 Å². The minimum atomic E-state index is 0.743. The maximum absolute atomic E-state index is 6.20. The zero-order valence-electron chi connectivity index (χ0n) is 12.0. The second kappa shape index (κ2) is 5.88. The summed E-state index contributed by atoms with van der Waals surface area (Å²) in [6.07, 6.45) is 0. The van der Waals surface area contributed by atoms with Crippen LogP contribution in [0.15, 0.2) is 41.1 Å². The van der Waals surface area contributed by atoms with E-state index >= 15 is 0 Å². The number of fused-ring (bicyclic) bond motifs is 1. The van der Waals surface area contributed by atoms with E-state index in [-0.39, 0.29) is 0 Å². The van der Waals surface area contributed by atoms with Gasteiger partial charge in [0.2, 0.25) is 0 Å². The van der Waals surface area contributed by atoms with Crippen molar-refractivity contribution in [2.45, 2.75) is 0 Å². The molecule has 0 N–H and O–H groups in total. The molecule has 0 atom stereocenters. The van der Waals surface area contributed by atoms with Crippen molar-refractivity contribution < 1.29 is 4.74 Å². The summed E-state index contributed by atoms with van der Waals surface area (Å²) in [6, 6.07) is 10.2. The van der Waals surface area contributed by atoms with E-state index in [4.69, 9.17) is 21.3 Å². The number of ether oxygens (including phenoxy) is 1. The molecule has 1 aliphatic heterocycles. The van der Waals surface area contributed by atoms with Gasteiger partial charge in [-0.3, -0.25) is 0 Å². The maximum Gasteiger partial charge on any atom is 0.0738 e. The molecule has 4 rings (SSSR count). The van der Waals surface area contributed by atoms with E-state index in [1.807, 2.05) is 18.2 Å². The molecule has 0 unspecified atom stereocenters. The Labute approximate surface area is 138 Å². The number of morpholine rings is 1. The molecule has 1 aromatic carbocycles. The first-order chi connectivity index (χ1) is 10.8. The Morgan fingerprint density at radius 3 is 2.77 bits per heavy atom. The third-order valence-corrected chi connectivity index (χ3v) is 4.84. The fraction of sp³-hybridized carbons (Fsp3) is 0.235. The molecule has 0 bridgehead atoms. The zero-order chi connectivity index (χ0) is 14.9. The molecule has 1 saturated heterocycles. The highest BCUT2D eigenvalue weighted by Crippen LogP contribution is 2.33. The van der Waals surface area contributed by atoms with Crippen molar-refractivity contribution in [2.75, 3.05) is 31.2 Å². The van der Waals surface area contributed by atoms with Crippen molar-refractivity contribution in [1.29, 1.82) is 0 Å². The molecule has 22 heavy (non-hydrogen) atoms. The second-order valence-corrected chi connectivity index (χ2v) is 6.52. The highest BCUT2D eigenvalue weighted by molar-refractivity contribution is 7.08. The van der Waals surface area contributed by atoms with Crippen LogP contribution in [0.1, 0.15) is 0 Å². The first-order valence-corrected chi connectivity index (χ1v) is 8.59. The molecule has 112 valence electrons. The molecule has 0 saturated carbocycles. The number of hydrogen-bond acceptors (Lipinski definition) is 4. The average Bonchev–Trinajstić information content (AvgIpc) is 3.09. The van der Waals surface area contributed by atoms with Gasteiger partial charge in [0.25, 0.3) is 0 Å². The van der Waals surface area contributed by atoms with Gasteiger partial charge < -0.3 is 9.64 Å². The molecule has 0 aliphatic carbocycles. The standard InChI is InChI=1S/C17H15ClN2OS/c18-13-1-2-15-14(9-13)17(20-4-6-21-7-5-20)10-16(19-15)12-3-8-22-11-12/h1-3,8-11H,4-7H2. The van der Waals surface area contributed by atoms with Gasteiger partial charge in [-0.15, -0.1) is 0 Å². The lowest BCUT2D eigenvalue weighted by Gasteiger charge is -2.30. The zero-order valence-corrected chi connectivity index (χ0v) is 13.5. The quantitative estimate of drug-likeness (QED) is 0.694. The van der Waals surface area contributed by atoms with Crippen LogP contribution in [0.25, 0.3) is 22.2 Å². The first-order valence-electron chi connectivity index (χ1n) is 7.27. The van der Waals surface area contributed by atoms with Crippen molar-refractivity contribution in [2.24, 2.45) is 0 Å². The number of nitrogens with zero attached hydrogens (tertiary/aromatic N) is 2. The number of hydrogen-bond donors (Lipinski definition) is 0. The van der Waals surface area contributed by atoms with E-state index < -0.39 is 0 Å². The van der Waals surface area contributed by atoms with Crippen LogP contribution in [0.5, 0.6) is 0 Å². The predicted octanol–water partition coefficient (Wildman–Crippen LogP) is 4.45. The lowest BCUT2D eigenvalue weighted by molar-refractivity contribution is 0.123. The Morgan fingerprint density at radius 2 is 2.00 bits per heavy atom. The van der Waals surface area contributed by atoms with E-state index in [0.717, 1.165) is 53.5 Å². The molecule has 5 heteroatoms. The Bertz CT molecular complexity index is 798. The molecule has 0 spiro atoms. The fourth-order valence-corrected chi connectivity index (χ4v) is 3.63. The predicted molar refractivity (Wildman–Crippen MR) is 93.1 cm³/mol. The average molecular weight is 331 g/mol. The summed E-state index contributed by atoms with van der Waals surface area (Å²) < 4.78 is 5.48. The van der Waals surface area contributed by atoms with Crippen LogP contribution in [0.4, 0.5) is 5.69 Å². The smallest absolute Gasteiger partial charge is 0.0738 e. The summed E-state index contributed by atoms with van der Waals surface area (Å²) in [5, 5.41) is 6.06. The van der Waals surface area contributed by atoms with Crippen molar-refractivity contribution in [3.63, 3.8) is 0 Å². The van der Waals surface area contributed by atoms with Crippen molar-refractivity contribution in [3.05, 3.63) is 46.1 Å². The van der Waals surface area contributed by atoms with Gasteiger partial charge >= 0.3 is 0 Å². The number of anilines is 1. The molecule has 2 aromatic heterocycles. The molecular formula is C17H15ClN2OS. The Kier molecular flexibility index (Phi) is 3.74. The molecule has 3 aromatic rings. The lowest BCUT2D eigenvalue weighted by Crippen LogP contribution is -2.36. The van der Waals surface area contributed by atoms with Crippen molar-refractivity contribution >= 4 is 39.5 Å². The Hall–Kier alpha value is -1.62. The van der Waals surface area contributed by atoms with Gasteiger partial charge in [-0.25, -0.2) is 4.98 Å². The summed E-state index contributed by atoms with van der Waals surface area (Å²) in [7, 11) is 0. The number of rotatable bonds is 2. The SMILES string of the molecule is Clc1ccc2nc(-c3ccsc3)cc(N3CCOCC3)c2c1. The Morgan fingerprint density at radius 1 is 1.14 bits per heavy atom. The molecule has 1 fully saturated rings. The second-order valence-electron chi connectivity index (χ2n) is 5.30. The summed E-state index contributed by atoms with van der Waals surface area (Å²) >= 11 is 7.89. The van der Waals surface area contributed by atoms with Gasteiger partial charge in [0, 0.05) is 40.1 Å². The van der Waals surface area contributed by atoms with Crippen LogP contribution < -0.4 is 4.90 Å². The molecule has 3 nitrogen and oxygen atoms in total. The van der Waals surface area contributed by atoms with E-state index in [9.17, 15) is 0 Å². The van der Waals surface area contributed by atoms with Gasteiger partial charge in [0.05, 0.1) is 24.4 Å². The maximum atomic E-state index is 6.20. The van der Waals surface area contributed by atoms with Crippen LogP contribution in [-0.4, -0.2) is 31.3 Å². The number of thiophene rings is 1. The summed E-state index contributed by atoms with van der Waals surface area (Å²) in [5.74, 6) is 0. The topological polar surface area (TPSA) is 25.4 Å². The van der Waals surface area contributed by atoms with Gasteiger partial charge in [0.1, 0.15) is 0 Å². The molecular weight excluding hydrogens is 316 g/mol. The van der Waals surface area contributed by atoms with Gasteiger partial charge in [-0.1, -0.05) is 11.6 Å². The lowest BCUT2D eigenvalue weighted by atomic mass is 10.1. The molecule has 0 amide bonds. The fourth-order valence-electron chi connectivity index (χ4n) is 2.80. The first kappa shape index (κ1) is 14.0. The largest absolute Gasteiger partial charge is 0.378 e. The van der Waals surface area contributed by atoms with E-state index in [2.05, 4.69) is 27.8 Å². The van der Waals surface area contributed by atoms with Crippen molar-refractivity contribution in [1.82, 2.24) is 4.98 Å². The summed E-state index contributed by atoms with van der Waals surface area (Å²) in [6.45, 7) is 3.32. The van der Waals surface area contributed by atoms with Crippen LogP contribution in [0.3, 0.4) is 0 Å². The van der Waals surface area contributed by atoms with Gasteiger partial charge in [-0.05, 0) is 35.7 Å². The van der Waals surface area contributed by atoms with E-state index in [0.29, 0.717) is 0 Å². The van der Waals surface area contributed by atoms with E-state index in [1.165, 1.54) is 5.69 Å². The van der Waals surface area contributed by atoms with Gasteiger partial charge in [-0.2, -0.15) is 11.3 Å². The molecule has 3 heterocycles. The highest BCUT2D eigenvalue weighted by Gasteiger charge is 2.16. The van der Waals surface area contributed by atoms with Crippen molar-refractivity contribution in [3.8, 4) is 11.3 Å². The number of benzene rings is 1. The van der Waals surface area contributed by atoms with Crippen LogP contribution in [0.2, 0.25) is 5.02 Å². The normalized spacial score (nSPS) is 15.4. The van der Waals surface area contributed by atoms with E-state index in [1.54, 1.807) is 11.3 Å². The third-order valence-electron chi connectivity index (χ3n) is 3.92. The van der Waals surface area contributed by atoms with Crippen LogP contribution >= 0.6 is 22.9 Å². The minimum Gasteiger partial charge on any atom is -0.378 e. The Balaban J connectivity index is 1.92.